The van der Waals surface area contributed by atoms with E-state index in [1.54, 1.807) is 5.01 Å². The fourth-order valence-electron chi connectivity index (χ4n) is 3.47. The van der Waals surface area contributed by atoms with Crippen LogP contribution in [0.5, 0.6) is 0 Å². The highest BCUT2D eigenvalue weighted by Gasteiger charge is 2.36. The molecule has 2 unspecified atom stereocenters. The zero-order valence-corrected chi connectivity index (χ0v) is 14.1. The van der Waals surface area contributed by atoms with Crippen LogP contribution in [0.25, 0.3) is 0 Å². The topological polar surface area (TPSA) is 56.7 Å². The second-order valence-electron chi connectivity index (χ2n) is 6.45. The van der Waals surface area contributed by atoms with Gasteiger partial charge < -0.3 is 10.6 Å². The summed E-state index contributed by atoms with van der Waals surface area (Å²) < 4.78 is 0. The lowest BCUT2D eigenvalue weighted by molar-refractivity contribution is 0.0711. The number of carbonyl (C=O) groups is 1. The van der Waals surface area contributed by atoms with Crippen molar-refractivity contribution in [3.63, 3.8) is 0 Å². The van der Waals surface area contributed by atoms with E-state index in [1.165, 1.54) is 0 Å². The quantitative estimate of drug-likeness (QED) is 0.905. The van der Waals surface area contributed by atoms with Crippen molar-refractivity contribution in [2.45, 2.75) is 18.5 Å². The molecule has 25 heavy (non-hydrogen) atoms. The first-order valence-electron chi connectivity index (χ1n) is 8.78. The summed E-state index contributed by atoms with van der Waals surface area (Å²) in [6, 6.07) is 19.7. The van der Waals surface area contributed by atoms with Gasteiger partial charge in [0, 0.05) is 31.6 Å². The van der Waals surface area contributed by atoms with Gasteiger partial charge in [-0.2, -0.15) is 5.10 Å². The van der Waals surface area contributed by atoms with Crippen LogP contribution in [0.1, 0.15) is 28.4 Å². The standard InChI is InChI=1S/C20H22N4O/c25-20(16-9-5-2-6-10-16)24-19(15-7-3-1-4-8-15)13-17(23-24)18-14-21-11-12-22-18/h1-10,18-19,21-22H,11-14H2. The lowest BCUT2D eigenvalue weighted by Crippen LogP contribution is -2.52. The highest BCUT2D eigenvalue weighted by atomic mass is 16.2. The van der Waals surface area contributed by atoms with E-state index in [0.29, 0.717) is 5.56 Å². The van der Waals surface area contributed by atoms with Crippen molar-refractivity contribution in [2.75, 3.05) is 19.6 Å². The van der Waals surface area contributed by atoms with Gasteiger partial charge in [-0.05, 0) is 17.7 Å². The van der Waals surface area contributed by atoms with Crippen LogP contribution >= 0.6 is 0 Å². The largest absolute Gasteiger partial charge is 0.314 e. The fourth-order valence-corrected chi connectivity index (χ4v) is 3.47. The summed E-state index contributed by atoms with van der Waals surface area (Å²) in [5.74, 6) is -0.0479. The smallest absolute Gasteiger partial charge is 0.274 e. The van der Waals surface area contributed by atoms with Gasteiger partial charge in [0.05, 0.1) is 17.8 Å². The van der Waals surface area contributed by atoms with E-state index in [-0.39, 0.29) is 18.0 Å². The number of hydrogen-bond acceptors (Lipinski definition) is 4. The molecule has 1 saturated heterocycles. The molecule has 2 aromatic carbocycles. The summed E-state index contributed by atoms with van der Waals surface area (Å²) in [6.45, 7) is 2.75. The van der Waals surface area contributed by atoms with Gasteiger partial charge in [-0.3, -0.25) is 4.79 Å². The minimum atomic E-state index is -0.0485. The summed E-state index contributed by atoms with van der Waals surface area (Å²) in [4.78, 5) is 13.0. The molecule has 5 nitrogen and oxygen atoms in total. The van der Waals surface area contributed by atoms with Crippen molar-refractivity contribution in [2.24, 2.45) is 5.10 Å². The fraction of sp³-hybridized carbons (Fsp3) is 0.300. The Hall–Kier alpha value is -2.50. The van der Waals surface area contributed by atoms with Gasteiger partial charge in [0.15, 0.2) is 0 Å². The van der Waals surface area contributed by atoms with Crippen molar-refractivity contribution in [1.82, 2.24) is 15.6 Å². The molecule has 128 valence electrons. The van der Waals surface area contributed by atoms with Crippen LogP contribution in [-0.2, 0) is 0 Å². The summed E-state index contributed by atoms with van der Waals surface area (Å²) in [5.41, 5.74) is 2.84. The maximum Gasteiger partial charge on any atom is 0.274 e. The molecule has 2 atom stereocenters. The first-order chi connectivity index (χ1) is 12.3. The zero-order valence-electron chi connectivity index (χ0n) is 14.1. The van der Waals surface area contributed by atoms with Crippen LogP contribution in [0, 0.1) is 0 Å². The third-order valence-electron chi connectivity index (χ3n) is 4.79. The third kappa shape index (κ3) is 3.34. The molecule has 0 bridgehead atoms. The van der Waals surface area contributed by atoms with Gasteiger partial charge in [-0.1, -0.05) is 48.5 Å². The van der Waals surface area contributed by atoms with Crippen LogP contribution in [0.3, 0.4) is 0 Å². The van der Waals surface area contributed by atoms with Gasteiger partial charge >= 0.3 is 0 Å². The minimum Gasteiger partial charge on any atom is -0.314 e. The summed E-state index contributed by atoms with van der Waals surface area (Å²) in [6.07, 6.45) is 0.766. The van der Waals surface area contributed by atoms with Crippen LogP contribution in [0.15, 0.2) is 65.8 Å². The number of benzene rings is 2. The van der Waals surface area contributed by atoms with Gasteiger partial charge in [0.1, 0.15) is 0 Å². The molecule has 2 aliphatic rings. The van der Waals surface area contributed by atoms with Crippen molar-refractivity contribution in [3.05, 3.63) is 71.8 Å². The molecule has 2 N–H and O–H groups in total. The number of carbonyl (C=O) groups excluding carboxylic acids is 1. The van der Waals surface area contributed by atoms with E-state index >= 15 is 0 Å². The molecular formula is C20H22N4O. The Morgan fingerprint density at radius 3 is 2.40 bits per heavy atom. The predicted octanol–water partition coefficient (Wildman–Crippen LogP) is 2.19. The number of rotatable bonds is 3. The highest BCUT2D eigenvalue weighted by molar-refractivity contribution is 5.99. The van der Waals surface area contributed by atoms with Crippen LogP contribution in [0.4, 0.5) is 0 Å². The summed E-state index contributed by atoms with van der Waals surface area (Å²) in [7, 11) is 0. The first kappa shape index (κ1) is 16.0. The maximum atomic E-state index is 13.0. The SMILES string of the molecule is O=C(c1ccccc1)N1N=C(C2CNCCN2)CC1c1ccccc1. The molecule has 0 saturated carbocycles. The molecule has 2 heterocycles. The second-order valence-corrected chi connectivity index (χ2v) is 6.45. The number of nitrogens with zero attached hydrogens (tertiary/aromatic N) is 2. The van der Waals surface area contributed by atoms with Crippen molar-refractivity contribution in [3.8, 4) is 0 Å². The number of piperazine rings is 1. The van der Waals surface area contributed by atoms with Crippen molar-refractivity contribution in [1.29, 1.82) is 0 Å². The first-order valence-corrected chi connectivity index (χ1v) is 8.78. The van der Waals surface area contributed by atoms with Crippen LogP contribution < -0.4 is 10.6 Å². The molecule has 4 rings (SSSR count). The predicted molar refractivity (Wildman–Crippen MR) is 98.5 cm³/mol. The van der Waals surface area contributed by atoms with Crippen molar-refractivity contribution < 1.29 is 4.79 Å². The molecule has 0 radical (unpaired) electrons. The minimum absolute atomic E-state index is 0.0479. The van der Waals surface area contributed by atoms with E-state index in [9.17, 15) is 4.79 Å². The Balaban J connectivity index is 1.65. The van der Waals surface area contributed by atoms with Crippen LogP contribution in [-0.4, -0.2) is 42.3 Å². The van der Waals surface area contributed by atoms with Crippen LogP contribution in [0.2, 0.25) is 0 Å². The van der Waals surface area contributed by atoms with Gasteiger partial charge in [-0.15, -0.1) is 0 Å². The summed E-state index contributed by atoms with van der Waals surface area (Å²) >= 11 is 0. The number of nitrogens with one attached hydrogen (secondary N) is 2. The molecule has 0 spiro atoms. The second kappa shape index (κ2) is 7.17. The normalized spacial score (nSPS) is 23.4. The molecule has 0 aliphatic carbocycles. The lowest BCUT2D eigenvalue weighted by Gasteiger charge is -2.24. The van der Waals surface area contributed by atoms with E-state index < -0.39 is 0 Å². The Morgan fingerprint density at radius 1 is 1.00 bits per heavy atom. The molecule has 2 aliphatic heterocycles. The van der Waals surface area contributed by atoms with E-state index in [0.717, 1.165) is 37.3 Å². The summed E-state index contributed by atoms with van der Waals surface area (Å²) in [5, 5.41) is 13.3. The monoisotopic (exact) mass is 334 g/mol. The molecule has 1 amide bonds. The van der Waals surface area contributed by atoms with E-state index in [1.807, 2.05) is 48.5 Å². The highest BCUT2D eigenvalue weighted by Crippen LogP contribution is 2.32. The van der Waals surface area contributed by atoms with E-state index in [4.69, 9.17) is 5.10 Å². The Morgan fingerprint density at radius 2 is 1.72 bits per heavy atom. The van der Waals surface area contributed by atoms with Gasteiger partial charge in [-0.25, -0.2) is 5.01 Å². The molecule has 0 aromatic heterocycles. The average molecular weight is 334 g/mol. The number of hydrogen-bond donors (Lipinski definition) is 2. The Labute approximate surface area is 147 Å². The third-order valence-corrected chi connectivity index (χ3v) is 4.79. The Kier molecular flexibility index (Phi) is 4.59. The van der Waals surface area contributed by atoms with Gasteiger partial charge in [0.25, 0.3) is 5.91 Å². The lowest BCUT2D eigenvalue weighted by atomic mass is 9.98. The molecule has 5 heteroatoms. The number of amides is 1. The number of hydrazone groups is 1. The molecule has 2 aromatic rings. The maximum absolute atomic E-state index is 13.0. The average Bonchev–Trinajstić information content (AvgIpc) is 3.15. The van der Waals surface area contributed by atoms with E-state index in [2.05, 4.69) is 22.8 Å². The van der Waals surface area contributed by atoms with Crippen molar-refractivity contribution >= 4 is 11.6 Å². The zero-order chi connectivity index (χ0) is 17.1. The molecule has 1 fully saturated rings. The Bertz CT molecular complexity index is 754. The van der Waals surface area contributed by atoms with Gasteiger partial charge in [0.2, 0.25) is 0 Å². The molecular weight excluding hydrogens is 312 g/mol.